The maximum atomic E-state index is 15.2. The van der Waals surface area contributed by atoms with Gasteiger partial charge in [-0.05, 0) is 131 Å². The molecule has 488 valence electrons. The Kier molecular flexibility index (Phi) is 19.2. The van der Waals surface area contributed by atoms with Crippen molar-refractivity contribution in [2.75, 3.05) is 26.4 Å². The van der Waals surface area contributed by atoms with E-state index < -0.39 is 184 Å². The van der Waals surface area contributed by atoms with Crippen LogP contribution in [0.5, 0.6) is 0 Å². The van der Waals surface area contributed by atoms with E-state index >= 15 is 4.79 Å². The number of ether oxygens (including phenoxy) is 10. The Balaban J connectivity index is 0.820. The molecule has 0 aromatic carbocycles. The van der Waals surface area contributed by atoms with Gasteiger partial charge >= 0.3 is 5.97 Å². The molecule has 10 aliphatic rings. The highest BCUT2D eigenvalue weighted by Crippen LogP contribution is 2.78. The van der Waals surface area contributed by atoms with Crippen molar-refractivity contribution in [2.24, 2.45) is 56.7 Å². The van der Waals surface area contributed by atoms with E-state index in [1.54, 1.807) is 0 Å². The molecule has 0 unspecified atom stereocenters. The van der Waals surface area contributed by atoms with Gasteiger partial charge in [0, 0.05) is 5.41 Å². The molecular formula is C59H96O26. The smallest absolute Gasteiger partial charge is 0.314 e. The molecule has 35 atom stereocenters. The molecule has 15 N–H and O–H groups in total. The van der Waals surface area contributed by atoms with Gasteiger partial charge in [0.05, 0.1) is 50.2 Å². The molecule has 5 heterocycles. The standard InChI is InChI=1S/C59H96O26/c1-23(2)26-11-16-59(54(75)85-52-45(73)41(69)38(66)30(81-52)21-77-49-46(74)42(70)47(29(19-60)80-49)83-50-43(71)39(67)35(63)24(3)78-50)18-17-57(7)27(34(26)59)9-10-32-55(5)14-13-33(56(6,22-61)31(55)12-15-58(32,57)8)82-53-48(37(65)28(62)20-76-53)84-51-44(72)40(68)36(64)25(4)79-51/h24-53,60-74H,1,9-22H2,2-8H3/t24-,25-,26-,27+,28-,29+,30+,31+,32+,33-,34+,35-,36-,37-,38+,39+,40+,41-,42+,43+,44+,45+,46+,47+,48+,49+,50-,51-,52-,53-,55-,56-,57+,58+,59-/m0/s1. The van der Waals surface area contributed by atoms with Crippen molar-refractivity contribution in [3.8, 4) is 0 Å². The Bertz CT molecular complexity index is 2340. The Morgan fingerprint density at radius 3 is 1.74 bits per heavy atom. The van der Waals surface area contributed by atoms with Crippen molar-refractivity contribution in [1.29, 1.82) is 0 Å². The van der Waals surface area contributed by atoms with Crippen molar-refractivity contribution >= 4 is 5.97 Å². The van der Waals surface area contributed by atoms with Gasteiger partial charge in [-0.3, -0.25) is 4.79 Å². The fourth-order valence-electron chi connectivity index (χ4n) is 18.4. The zero-order chi connectivity index (χ0) is 61.9. The summed E-state index contributed by atoms with van der Waals surface area (Å²) >= 11 is 0. The van der Waals surface area contributed by atoms with Crippen molar-refractivity contribution in [3.05, 3.63) is 12.2 Å². The summed E-state index contributed by atoms with van der Waals surface area (Å²) in [4.78, 5) is 15.2. The summed E-state index contributed by atoms with van der Waals surface area (Å²) in [7, 11) is 0. The molecule has 85 heavy (non-hydrogen) atoms. The number of aliphatic hydroxyl groups excluding tert-OH is 15. The number of hydrogen-bond donors (Lipinski definition) is 15. The summed E-state index contributed by atoms with van der Waals surface area (Å²) in [5, 5.41) is 163. The second-order valence-corrected chi connectivity index (χ2v) is 28.0. The maximum absolute atomic E-state index is 15.2. The number of carbonyl (C=O) groups is 1. The van der Waals surface area contributed by atoms with Crippen LogP contribution in [0, 0.1) is 56.7 Å². The Morgan fingerprint density at radius 2 is 1.13 bits per heavy atom. The highest BCUT2D eigenvalue weighted by Gasteiger charge is 2.73. The highest BCUT2D eigenvalue weighted by atomic mass is 16.8. The van der Waals surface area contributed by atoms with Gasteiger partial charge in [0.15, 0.2) is 25.2 Å². The van der Waals surface area contributed by atoms with Crippen LogP contribution in [0.3, 0.4) is 0 Å². The molecule has 5 aliphatic carbocycles. The fourth-order valence-corrected chi connectivity index (χ4v) is 18.4. The summed E-state index contributed by atoms with van der Waals surface area (Å²) in [6.45, 7) is 16.5. The largest absolute Gasteiger partial charge is 0.432 e. The molecule has 5 saturated carbocycles. The molecule has 5 aliphatic heterocycles. The van der Waals surface area contributed by atoms with Crippen LogP contribution in [0.25, 0.3) is 0 Å². The van der Waals surface area contributed by atoms with Crippen LogP contribution in [-0.2, 0) is 52.2 Å². The molecule has 26 nitrogen and oxygen atoms in total. The predicted octanol–water partition coefficient (Wildman–Crippen LogP) is -2.69. The molecule has 10 fully saturated rings. The Morgan fingerprint density at radius 1 is 0.541 bits per heavy atom. The zero-order valence-electron chi connectivity index (χ0n) is 49.6. The molecule has 0 aromatic heterocycles. The molecule has 0 spiro atoms. The molecule has 0 radical (unpaired) electrons. The topological polar surface area (TPSA) is 413 Å². The average molecular weight is 1220 g/mol. The van der Waals surface area contributed by atoms with E-state index in [2.05, 4.69) is 27.4 Å². The van der Waals surface area contributed by atoms with Crippen LogP contribution in [0.1, 0.15) is 113 Å². The second-order valence-electron chi connectivity index (χ2n) is 28.0. The first kappa shape index (κ1) is 66.2. The van der Waals surface area contributed by atoms with Gasteiger partial charge in [-0.15, -0.1) is 0 Å². The minimum absolute atomic E-state index is 0.0172. The molecular weight excluding hydrogens is 1120 g/mol. The minimum Gasteiger partial charge on any atom is -0.432 e. The third kappa shape index (κ3) is 10.9. The highest BCUT2D eigenvalue weighted by molar-refractivity contribution is 5.78. The molecule has 26 heteroatoms. The lowest BCUT2D eigenvalue weighted by molar-refractivity contribution is -0.366. The summed E-state index contributed by atoms with van der Waals surface area (Å²) in [5.74, 6) is -0.760. The van der Waals surface area contributed by atoms with Gasteiger partial charge in [-0.2, -0.15) is 0 Å². The van der Waals surface area contributed by atoms with E-state index in [1.807, 2.05) is 13.8 Å². The number of esters is 1. The van der Waals surface area contributed by atoms with Gasteiger partial charge in [-0.25, -0.2) is 0 Å². The number of fused-ring (bicyclic) bond motifs is 7. The van der Waals surface area contributed by atoms with Crippen LogP contribution in [-0.4, -0.2) is 263 Å². The van der Waals surface area contributed by atoms with E-state index in [-0.39, 0.29) is 59.0 Å². The summed E-state index contributed by atoms with van der Waals surface area (Å²) in [6, 6.07) is 0. The van der Waals surface area contributed by atoms with E-state index in [1.165, 1.54) is 13.8 Å². The Labute approximate surface area is 494 Å². The van der Waals surface area contributed by atoms with E-state index in [0.717, 1.165) is 31.3 Å². The monoisotopic (exact) mass is 1220 g/mol. The molecule has 0 aromatic rings. The third-order valence-electron chi connectivity index (χ3n) is 23.6. The van der Waals surface area contributed by atoms with Crippen LogP contribution >= 0.6 is 0 Å². The number of rotatable bonds is 14. The lowest BCUT2D eigenvalue weighted by atomic mass is 9.32. The number of allylic oxidation sites excluding steroid dienone is 1. The van der Waals surface area contributed by atoms with Crippen LogP contribution in [0.4, 0.5) is 0 Å². The average Bonchev–Trinajstić information content (AvgIpc) is 1.62. The lowest BCUT2D eigenvalue weighted by Gasteiger charge is -2.73. The Hall–Kier alpha value is -1.75. The number of aliphatic hydroxyl groups is 15. The van der Waals surface area contributed by atoms with Crippen molar-refractivity contribution in [1.82, 2.24) is 0 Å². The first-order valence-electron chi connectivity index (χ1n) is 30.7. The normalized spacial score (nSPS) is 56.3. The fraction of sp³-hybridized carbons (Fsp3) is 0.949. The SMILES string of the molecule is C=C(C)[C@@H]1CC[C@]2(C(=O)O[C@@H]3O[C@H](CO[C@@H]4O[C@H](CO)[C@@H](O[C@@H]5O[C@@H](C)[C@H](O)[C@@H](O)[C@H]5O)[C@H](O)[C@H]4O)[C@@H](O)[C@H](O)[C@H]3O)CC[C@]3(C)[C@H](CC[C@@H]4[C@@]5(C)CC[C@H](O[C@@H]6OC[C@H](O)[C@H](O)[C@H]6O[C@@H]6O[C@@H](C)[C@H](O)[C@@H](O)[C@H]6O)[C@@](C)(CO)[C@@H]5CC[C@]43C)[C@@H]12. The van der Waals surface area contributed by atoms with Crippen molar-refractivity contribution in [3.63, 3.8) is 0 Å². The maximum Gasteiger partial charge on any atom is 0.314 e. The molecule has 0 amide bonds. The lowest BCUT2D eigenvalue weighted by Crippen LogP contribution is -2.68. The van der Waals surface area contributed by atoms with Crippen LogP contribution < -0.4 is 0 Å². The molecule has 5 saturated heterocycles. The van der Waals surface area contributed by atoms with Gasteiger partial charge in [0.25, 0.3) is 0 Å². The predicted molar refractivity (Wildman–Crippen MR) is 288 cm³/mol. The second kappa shape index (κ2) is 24.7. The molecule has 0 bridgehead atoms. The van der Waals surface area contributed by atoms with Crippen molar-refractivity contribution in [2.45, 2.75) is 266 Å². The third-order valence-corrected chi connectivity index (χ3v) is 23.6. The summed E-state index contributed by atoms with van der Waals surface area (Å²) < 4.78 is 59.5. The van der Waals surface area contributed by atoms with Gasteiger partial charge in [0.1, 0.15) is 104 Å². The quantitative estimate of drug-likeness (QED) is 0.0478. The van der Waals surface area contributed by atoms with Gasteiger partial charge < -0.3 is 124 Å². The minimum atomic E-state index is -1.90. The van der Waals surface area contributed by atoms with Crippen LogP contribution in [0.15, 0.2) is 12.2 Å². The summed E-state index contributed by atoms with van der Waals surface area (Å²) in [5.41, 5.74) is -1.80. The number of hydrogen-bond acceptors (Lipinski definition) is 26. The first-order valence-corrected chi connectivity index (χ1v) is 30.7. The van der Waals surface area contributed by atoms with E-state index in [0.29, 0.717) is 38.5 Å². The van der Waals surface area contributed by atoms with Gasteiger partial charge in [-0.1, -0.05) is 39.8 Å². The van der Waals surface area contributed by atoms with Gasteiger partial charge in [0.2, 0.25) is 6.29 Å². The van der Waals surface area contributed by atoms with E-state index in [9.17, 15) is 76.6 Å². The van der Waals surface area contributed by atoms with E-state index in [4.69, 9.17) is 47.4 Å². The van der Waals surface area contributed by atoms with Crippen LogP contribution in [0.2, 0.25) is 0 Å². The first-order chi connectivity index (χ1) is 39.9. The number of carbonyl (C=O) groups excluding carboxylic acids is 1. The summed E-state index contributed by atoms with van der Waals surface area (Å²) in [6.07, 6.45) is -31.6. The molecule has 10 rings (SSSR count). The zero-order valence-corrected chi connectivity index (χ0v) is 49.6. The van der Waals surface area contributed by atoms with Crippen molar-refractivity contribution < 1.29 is 129 Å².